The van der Waals surface area contributed by atoms with E-state index in [0.717, 1.165) is 33.0 Å². The highest BCUT2D eigenvalue weighted by atomic mass is 79.9. The van der Waals surface area contributed by atoms with E-state index in [0.29, 0.717) is 5.69 Å². The number of nitrogens with zero attached hydrogens (tertiary/aromatic N) is 2. The van der Waals surface area contributed by atoms with Crippen molar-refractivity contribution in [1.29, 1.82) is 0 Å². The average molecular weight is 458 g/mol. The highest BCUT2D eigenvalue weighted by molar-refractivity contribution is 9.10. The summed E-state index contributed by atoms with van der Waals surface area (Å²) in [5.41, 5.74) is 3.30. The lowest BCUT2D eigenvalue weighted by molar-refractivity contribution is -0.137. The lowest BCUT2D eigenvalue weighted by atomic mass is 10.1. The number of halogens is 4. The van der Waals surface area contributed by atoms with E-state index in [2.05, 4.69) is 26.3 Å². The van der Waals surface area contributed by atoms with Gasteiger partial charge in [-0.2, -0.15) is 13.2 Å². The monoisotopic (exact) mass is 457 g/mol. The molecule has 0 spiro atoms. The van der Waals surface area contributed by atoms with Crippen LogP contribution in [-0.4, -0.2) is 15.4 Å². The lowest BCUT2D eigenvalue weighted by Gasteiger charge is -2.15. The molecule has 1 N–H and O–H groups in total. The van der Waals surface area contributed by atoms with Crippen LogP contribution in [0.25, 0.3) is 10.9 Å². The van der Waals surface area contributed by atoms with Crippen molar-refractivity contribution in [1.82, 2.24) is 9.66 Å². The van der Waals surface area contributed by atoms with Gasteiger partial charge in [-0.3, -0.25) is 10.2 Å². The summed E-state index contributed by atoms with van der Waals surface area (Å²) in [7, 11) is 0. The SMILES string of the molecule is CCSc1ccc(C)cc1Nn1cnc2c(Br)cc(C(F)(F)F)cc2c1=O. The van der Waals surface area contributed by atoms with Gasteiger partial charge in [-0.25, -0.2) is 9.66 Å². The Balaban J connectivity index is 2.13. The maximum Gasteiger partial charge on any atom is 0.416 e. The number of nitrogens with one attached hydrogen (secondary N) is 1. The van der Waals surface area contributed by atoms with E-state index in [4.69, 9.17) is 0 Å². The first-order valence-electron chi connectivity index (χ1n) is 7.99. The molecule has 0 atom stereocenters. The Morgan fingerprint density at radius 2 is 2.00 bits per heavy atom. The molecule has 0 fully saturated rings. The van der Waals surface area contributed by atoms with Crippen molar-refractivity contribution < 1.29 is 13.2 Å². The summed E-state index contributed by atoms with van der Waals surface area (Å²) in [6.45, 7) is 3.92. The van der Waals surface area contributed by atoms with Crippen LogP contribution in [0.5, 0.6) is 0 Å². The van der Waals surface area contributed by atoms with Crippen molar-refractivity contribution in [3.05, 3.63) is 62.6 Å². The van der Waals surface area contributed by atoms with E-state index < -0.39 is 17.3 Å². The van der Waals surface area contributed by atoms with Gasteiger partial charge in [0.15, 0.2) is 0 Å². The van der Waals surface area contributed by atoms with Gasteiger partial charge < -0.3 is 0 Å². The zero-order valence-electron chi connectivity index (χ0n) is 14.4. The second-order valence-corrected chi connectivity index (χ2v) is 7.98. The molecule has 3 rings (SSSR count). The summed E-state index contributed by atoms with van der Waals surface area (Å²) in [5.74, 6) is 0.838. The summed E-state index contributed by atoms with van der Waals surface area (Å²) in [6, 6.07) is 7.51. The van der Waals surface area contributed by atoms with Crippen LogP contribution in [0.15, 0.2) is 50.8 Å². The Bertz CT molecular complexity index is 1070. The number of benzene rings is 2. The average Bonchev–Trinajstić information content (AvgIpc) is 2.59. The van der Waals surface area contributed by atoms with Crippen LogP contribution in [0.2, 0.25) is 0 Å². The van der Waals surface area contributed by atoms with Crippen molar-refractivity contribution in [2.75, 3.05) is 11.2 Å². The largest absolute Gasteiger partial charge is 0.416 e. The third-order valence-corrected chi connectivity index (χ3v) is 5.38. The number of thioether (sulfide) groups is 1. The number of hydrogen-bond donors (Lipinski definition) is 1. The molecule has 1 heterocycles. The van der Waals surface area contributed by atoms with Gasteiger partial charge in [0.05, 0.1) is 22.2 Å². The summed E-state index contributed by atoms with van der Waals surface area (Å²) in [5, 5.41) is -0.121. The normalized spacial score (nSPS) is 11.8. The van der Waals surface area contributed by atoms with Gasteiger partial charge >= 0.3 is 6.18 Å². The zero-order chi connectivity index (χ0) is 19.8. The third-order valence-electron chi connectivity index (χ3n) is 3.82. The number of rotatable bonds is 4. The topological polar surface area (TPSA) is 46.9 Å². The van der Waals surface area contributed by atoms with E-state index in [9.17, 15) is 18.0 Å². The van der Waals surface area contributed by atoms with Crippen molar-refractivity contribution in [2.45, 2.75) is 24.9 Å². The molecule has 4 nitrogen and oxygen atoms in total. The van der Waals surface area contributed by atoms with Crippen molar-refractivity contribution in [3.63, 3.8) is 0 Å². The number of hydrogen-bond acceptors (Lipinski definition) is 4. The molecule has 0 saturated heterocycles. The van der Waals surface area contributed by atoms with Crippen LogP contribution in [0.1, 0.15) is 18.1 Å². The molecule has 0 saturated carbocycles. The number of aromatic nitrogens is 2. The number of fused-ring (bicyclic) bond motifs is 1. The molecule has 0 bridgehead atoms. The summed E-state index contributed by atoms with van der Waals surface area (Å²) < 4.78 is 40.5. The molecule has 0 amide bonds. The van der Waals surface area contributed by atoms with Gasteiger partial charge in [-0.05, 0) is 58.4 Å². The molecule has 0 aliphatic carbocycles. The predicted octanol–water partition coefficient (Wildman–Crippen LogP) is 5.47. The third kappa shape index (κ3) is 4.14. The first kappa shape index (κ1) is 19.8. The quantitative estimate of drug-likeness (QED) is 0.527. The Morgan fingerprint density at radius 1 is 1.26 bits per heavy atom. The summed E-state index contributed by atoms with van der Waals surface area (Å²) in [4.78, 5) is 17.9. The van der Waals surface area contributed by atoms with E-state index in [1.54, 1.807) is 11.8 Å². The highest BCUT2D eigenvalue weighted by Gasteiger charge is 2.31. The van der Waals surface area contributed by atoms with Gasteiger partial charge in [-0.1, -0.05) is 13.0 Å². The summed E-state index contributed by atoms with van der Waals surface area (Å²) >= 11 is 4.67. The van der Waals surface area contributed by atoms with Crippen molar-refractivity contribution in [3.8, 4) is 0 Å². The molecule has 142 valence electrons. The molecular formula is C18H15BrF3N3OS. The second kappa shape index (κ2) is 7.55. The Hall–Kier alpha value is -2.00. The fourth-order valence-electron chi connectivity index (χ4n) is 2.58. The van der Waals surface area contributed by atoms with Gasteiger partial charge in [0.2, 0.25) is 0 Å². The minimum Gasteiger partial charge on any atom is -0.289 e. The van der Waals surface area contributed by atoms with E-state index in [1.165, 1.54) is 6.33 Å². The molecule has 2 aromatic carbocycles. The molecule has 0 unspecified atom stereocenters. The van der Waals surface area contributed by atoms with Crippen LogP contribution in [-0.2, 0) is 6.18 Å². The maximum atomic E-state index is 13.1. The van der Waals surface area contributed by atoms with Gasteiger partial charge in [-0.15, -0.1) is 11.8 Å². The first-order valence-corrected chi connectivity index (χ1v) is 9.77. The van der Waals surface area contributed by atoms with E-state index >= 15 is 0 Å². The molecule has 9 heteroatoms. The molecule has 1 aromatic heterocycles. The summed E-state index contributed by atoms with van der Waals surface area (Å²) in [6.07, 6.45) is -3.29. The number of anilines is 1. The number of aryl methyl sites for hydroxylation is 1. The van der Waals surface area contributed by atoms with Crippen LogP contribution in [0.3, 0.4) is 0 Å². The van der Waals surface area contributed by atoms with Crippen molar-refractivity contribution in [2.24, 2.45) is 0 Å². The first-order chi connectivity index (χ1) is 12.7. The zero-order valence-corrected chi connectivity index (χ0v) is 16.8. The smallest absolute Gasteiger partial charge is 0.289 e. The molecule has 27 heavy (non-hydrogen) atoms. The van der Waals surface area contributed by atoms with E-state index in [-0.39, 0.29) is 15.4 Å². The molecule has 3 aromatic rings. The van der Waals surface area contributed by atoms with Crippen LogP contribution < -0.4 is 11.0 Å². The fourth-order valence-corrected chi connectivity index (χ4v) is 3.87. The van der Waals surface area contributed by atoms with Gasteiger partial charge in [0.25, 0.3) is 5.56 Å². The predicted molar refractivity (Wildman–Crippen MR) is 105 cm³/mol. The molecule has 0 aliphatic heterocycles. The van der Waals surface area contributed by atoms with Crippen LogP contribution in [0, 0.1) is 6.92 Å². The Kier molecular flexibility index (Phi) is 5.53. The Morgan fingerprint density at radius 3 is 2.67 bits per heavy atom. The maximum absolute atomic E-state index is 13.1. The standard InChI is InChI=1S/C18H15BrF3N3OS/c1-3-27-15-5-4-10(2)6-14(15)24-25-9-23-16-12(17(25)26)7-11(8-13(16)19)18(20,21)22/h4-9,24H,3H2,1-2H3. The Labute approximate surface area is 165 Å². The fraction of sp³-hybridized carbons (Fsp3) is 0.222. The molecule has 0 aliphatic rings. The van der Waals surface area contributed by atoms with Crippen LogP contribution >= 0.6 is 27.7 Å². The van der Waals surface area contributed by atoms with Gasteiger partial charge in [0, 0.05) is 9.37 Å². The second-order valence-electron chi connectivity index (χ2n) is 5.82. The number of alkyl halides is 3. The van der Waals surface area contributed by atoms with Crippen molar-refractivity contribution >= 4 is 44.3 Å². The minimum atomic E-state index is -4.56. The lowest BCUT2D eigenvalue weighted by Crippen LogP contribution is -2.27. The molecule has 0 radical (unpaired) electrons. The van der Waals surface area contributed by atoms with Gasteiger partial charge in [0.1, 0.15) is 6.33 Å². The molecular weight excluding hydrogens is 443 g/mol. The highest BCUT2D eigenvalue weighted by Crippen LogP contribution is 2.34. The minimum absolute atomic E-state index is 0.120. The van der Waals surface area contributed by atoms with E-state index in [1.807, 2.05) is 32.0 Å². The van der Waals surface area contributed by atoms with Crippen LogP contribution in [0.4, 0.5) is 18.9 Å².